The molecule has 2 saturated carbocycles. The normalized spacial score (nSPS) is 47.0. The summed E-state index contributed by atoms with van der Waals surface area (Å²) in [7, 11) is 0. The van der Waals surface area contributed by atoms with Gasteiger partial charge in [0.2, 0.25) is 0 Å². The third-order valence-electron chi connectivity index (χ3n) is 3.09. The maximum atomic E-state index is 2.39. The molecule has 0 heteroatoms. The van der Waals surface area contributed by atoms with Crippen LogP contribution in [0.4, 0.5) is 0 Å². The minimum Gasteiger partial charge on any atom is -0.0596 e. The molecule has 0 nitrogen and oxygen atoms in total. The zero-order valence-electron chi connectivity index (χ0n) is 6.57. The second-order valence-corrected chi connectivity index (χ2v) is 4.46. The summed E-state index contributed by atoms with van der Waals surface area (Å²) in [6, 6.07) is 0. The molecule has 2 aliphatic carbocycles. The first-order valence-corrected chi connectivity index (χ1v) is 3.93. The molecule has 9 heavy (non-hydrogen) atoms. The van der Waals surface area contributed by atoms with E-state index in [1.165, 1.54) is 12.8 Å². The highest BCUT2D eigenvalue weighted by atomic mass is 14.6. The Morgan fingerprint density at radius 2 is 1.89 bits per heavy atom. The lowest BCUT2D eigenvalue weighted by Gasteiger charge is -1.98. The molecule has 2 rings (SSSR count). The van der Waals surface area contributed by atoms with Crippen LogP contribution in [0.2, 0.25) is 0 Å². The van der Waals surface area contributed by atoms with E-state index < -0.39 is 0 Å². The van der Waals surface area contributed by atoms with Crippen LogP contribution in [-0.4, -0.2) is 0 Å². The first-order valence-electron chi connectivity index (χ1n) is 3.93. The van der Waals surface area contributed by atoms with Crippen LogP contribution in [0.5, 0.6) is 0 Å². The van der Waals surface area contributed by atoms with Gasteiger partial charge in [0, 0.05) is 0 Å². The highest BCUT2D eigenvalue weighted by Gasteiger charge is 2.56. The molecule has 0 N–H and O–H groups in total. The zero-order chi connectivity index (χ0) is 6.65. The third-order valence-corrected chi connectivity index (χ3v) is 3.09. The van der Waals surface area contributed by atoms with Gasteiger partial charge >= 0.3 is 0 Å². The van der Waals surface area contributed by atoms with Gasteiger partial charge in [-0.25, -0.2) is 0 Å². The van der Waals surface area contributed by atoms with Crippen LogP contribution >= 0.6 is 0 Å². The van der Waals surface area contributed by atoms with Crippen LogP contribution in [0.25, 0.3) is 0 Å². The Labute approximate surface area is 57.6 Å². The summed E-state index contributed by atoms with van der Waals surface area (Å²) in [4.78, 5) is 0. The highest BCUT2D eigenvalue weighted by Crippen LogP contribution is 2.65. The van der Waals surface area contributed by atoms with Gasteiger partial charge in [0.1, 0.15) is 0 Å². The molecule has 2 unspecified atom stereocenters. The molecular formula is C9H15. The molecule has 0 spiro atoms. The minimum absolute atomic E-state index is 0.711. The molecule has 0 bridgehead atoms. The average molecular weight is 123 g/mol. The van der Waals surface area contributed by atoms with Crippen LogP contribution in [0, 0.1) is 23.2 Å². The van der Waals surface area contributed by atoms with E-state index in [1.54, 1.807) is 5.92 Å². The number of hydrogen-bond acceptors (Lipinski definition) is 0. The number of rotatable bonds is 1. The molecular weight excluding hydrogens is 108 g/mol. The molecule has 2 fully saturated rings. The molecule has 0 aliphatic heterocycles. The van der Waals surface area contributed by atoms with Crippen molar-refractivity contribution < 1.29 is 0 Å². The molecule has 0 saturated heterocycles. The second kappa shape index (κ2) is 1.36. The average Bonchev–Trinajstić information content (AvgIpc) is 2.50. The van der Waals surface area contributed by atoms with E-state index >= 15 is 0 Å². The minimum atomic E-state index is 0.711. The quantitative estimate of drug-likeness (QED) is 0.503. The molecule has 2 aliphatic rings. The van der Waals surface area contributed by atoms with Gasteiger partial charge in [-0.1, -0.05) is 20.8 Å². The van der Waals surface area contributed by atoms with Gasteiger partial charge in [0.15, 0.2) is 0 Å². The van der Waals surface area contributed by atoms with Gasteiger partial charge in [0.25, 0.3) is 0 Å². The SMILES string of the molecule is C[C]1CC1C1CC1(C)C. The van der Waals surface area contributed by atoms with E-state index in [2.05, 4.69) is 20.8 Å². The Morgan fingerprint density at radius 1 is 1.44 bits per heavy atom. The van der Waals surface area contributed by atoms with Crippen LogP contribution in [0.3, 0.4) is 0 Å². The lowest BCUT2D eigenvalue weighted by atomic mass is 10.1. The highest BCUT2D eigenvalue weighted by molar-refractivity contribution is 5.19. The third kappa shape index (κ3) is 0.798. The van der Waals surface area contributed by atoms with Crippen molar-refractivity contribution in [2.75, 3.05) is 0 Å². The maximum absolute atomic E-state index is 2.39. The van der Waals surface area contributed by atoms with Gasteiger partial charge in [-0.05, 0) is 36.0 Å². The van der Waals surface area contributed by atoms with Crippen molar-refractivity contribution in [3.8, 4) is 0 Å². The molecule has 51 valence electrons. The van der Waals surface area contributed by atoms with Crippen molar-refractivity contribution in [1.82, 2.24) is 0 Å². The van der Waals surface area contributed by atoms with Gasteiger partial charge in [-0.3, -0.25) is 0 Å². The van der Waals surface area contributed by atoms with E-state index in [0.29, 0.717) is 5.41 Å². The lowest BCUT2D eigenvalue weighted by Crippen LogP contribution is -1.91. The molecule has 0 aromatic rings. The van der Waals surface area contributed by atoms with Crippen LogP contribution in [-0.2, 0) is 0 Å². The Kier molecular flexibility index (Phi) is 0.868. The standard InChI is InChI=1S/C9H15/c1-6-4-7(6)8-5-9(8,2)3/h7-8H,4-5H2,1-3H3. The predicted octanol–water partition coefficient (Wildman–Crippen LogP) is 2.65. The van der Waals surface area contributed by atoms with Crippen LogP contribution in [0.15, 0.2) is 0 Å². The topological polar surface area (TPSA) is 0 Å². The van der Waals surface area contributed by atoms with Gasteiger partial charge in [-0.15, -0.1) is 0 Å². The lowest BCUT2D eigenvalue weighted by molar-refractivity contribution is 0.522. The van der Waals surface area contributed by atoms with Crippen molar-refractivity contribution in [2.45, 2.75) is 33.6 Å². The van der Waals surface area contributed by atoms with Crippen LogP contribution < -0.4 is 0 Å². The van der Waals surface area contributed by atoms with Crippen molar-refractivity contribution in [1.29, 1.82) is 0 Å². The van der Waals surface area contributed by atoms with E-state index in [0.717, 1.165) is 11.8 Å². The van der Waals surface area contributed by atoms with Crippen molar-refractivity contribution >= 4 is 0 Å². The predicted molar refractivity (Wildman–Crippen MR) is 38.9 cm³/mol. The Morgan fingerprint density at radius 3 is 2.00 bits per heavy atom. The van der Waals surface area contributed by atoms with Gasteiger partial charge in [-0.2, -0.15) is 0 Å². The van der Waals surface area contributed by atoms with Gasteiger partial charge < -0.3 is 0 Å². The Bertz CT molecular complexity index is 135. The van der Waals surface area contributed by atoms with E-state index in [9.17, 15) is 0 Å². The van der Waals surface area contributed by atoms with Crippen molar-refractivity contribution in [3.05, 3.63) is 5.92 Å². The first-order chi connectivity index (χ1) is 4.11. The fourth-order valence-corrected chi connectivity index (χ4v) is 1.97. The molecule has 0 heterocycles. The fourth-order valence-electron chi connectivity index (χ4n) is 1.97. The summed E-state index contributed by atoms with van der Waals surface area (Å²) in [5.41, 5.74) is 0.711. The molecule has 1 radical (unpaired) electrons. The van der Waals surface area contributed by atoms with Gasteiger partial charge in [0.05, 0.1) is 0 Å². The summed E-state index contributed by atoms with van der Waals surface area (Å²) >= 11 is 0. The molecule has 0 aromatic carbocycles. The second-order valence-electron chi connectivity index (χ2n) is 4.46. The largest absolute Gasteiger partial charge is 0.0596 e. The van der Waals surface area contributed by atoms with Crippen LogP contribution in [0.1, 0.15) is 33.6 Å². The Hall–Kier alpha value is 0. The molecule has 0 aromatic heterocycles. The van der Waals surface area contributed by atoms with Crippen molar-refractivity contribution in [3.63, 3.8) is 0 Å². The summed E-state index contributed by atoms with van der Waals surface area (Å²) in [6.45, 7) is 7.09. The molecule has 2 atom stereocenters. The smallest absolute Gasteiger partial charge is 0.0235 e. The summed E-state index contributed by atoms with van der Waals surface area (Å²) < 4.78 is 0. The first kappa shape index (κ1) is 5.76. The van der Waals surface area contributed by atoms with E-state index in [4.69, 9.17) is 0 Å². The summed E-state index contributed by atoms with van der Waals surface area (Å²) in [5.74, 6) is 3.86. The fraction of sp³-hybridized carbons (Fsp3) is 0.889. The number of hydrogen-bond donors (Lipinski definition) is 0. The monoisotopic (exact) mass is 123 g/mol. The zero-order valence-corrected chi connectivity index (χ0v) is 6.57. The summed E-state index contributed by atoms with van der Waals surface area (Å²) in [6.07, 6.45) is 2.92. The van der Waals surface area contributed by atoms with Crippen molar-refractivity contribution in [2.24, 2.45) is 17.3 Å². The Balaban J connectivity index is 1.92. The summed E-state index contributed by atoms with van der Waals surface area (Å²) in [5, 5.41) is 0. The van der Waals surface area contributed by atoms with E-state index in [-0.39, 0.29) is 0 Å². The maximum Gasteiger partial charge on any atom is -0.0235 e. The molecule has 0 amide bonds. The van der Waals surface area contributed by atoms with E-state index in [1.807, 2.05) is 0 Å².